The summed E-state index contributed by atoms with van der Waals surface area (Å²) in [7, 11) is 0. The average molecular weight is 461 g/mol. The Morgan fingerprint density at radius 3 is 1.94 bits per heavy atom. The number of hydrogen-bond acceptors (Lipinski definition) is 2. The van der Waals surface area contributed by atoms with Gasteiger partial charge in [-0.25, -0.2) is 0 Å². The lowest BCUT2D eigenvalue weighted by Crippen LogP contribution is -2.43. The molecule has 5 heteroatoms. The number of nitrogens with one attached hydrogen (secondary N) is 1. The molecule has 3 aromatic carbocycles. The first kappa shape index (κ1) is 23.1. The van der Waals surface area contributed by atoms with Crippen molar-refractivity contribution in [2.75, 3.05) is 19.6 Å². The molecule has 3 aromatic rings. The summed E-state index contributed by atoms with van der Waals surface area (Å²) >= 11 is 5.92. The van der Waals surface area contributed by atoms with Crippen LogP contribution in [0, 0.1) is 5.92 Å². The summed E-state index contributed by atoms with van der Waals surface area (Å²) in [6.45, 7) is 1.81. The molecule has 0 radical (unpaired) electrons. The van der Waals surface area contributed by atoms with Gasteiger partial charge in [0.2, 0.25) is 5.91 Å². The Morgan fingerprint density at radius 1 is 0.848 bits per heavy atom. The number of carbonyl (C=O) groups excluding carboxylic acids is 2. The summed E-state index contributed by atoms with van der Waals surface area (Å²) in [5.74, 6) is 0.283. The number of rotatable bonds is 7. The zero-order chi connectivity index (χ0) is 23.0. The standard InChI is InChI=1S/C28H29ClN2O2/c29-25-13-11-24(12-14-25)28(33)31-19-16-23(17-20-31)27(32)30-18-15-26(21-7-3-1-4-8-21)22-9-5-2-6-10-22/h1-14,23,26H,15-20H2,(H,30,32). The zero-order valence-electron chi connectivity index (χ0n) is 18.6. The molecule has 0 atom stereocenters. The highest BCUT2D eigenvalue weighted by atomic mass is 35.5. The third-order valence-electron chi connectivity index (χ3n) is 6.38. The number of likely N-dealkylation sites (tertiary alicyclic amines) is 1. The van der Waals surface area contributed by atoms with E-state index in [2.05, 4.69) is 53.8 Å². The number of hydrogen-bond donors (Lipinski definition) is 1. The van der Waals surface area contributed by atoms with E-state index in [1.807, 2.05) is 17.0 Å². The van der Waals surface area contributed by atoms with Crippen molar-refractivity contribution in [1.82, 2.24) is 10.2 Å². The molecule has 4 rings (SSSR count). The minimum absolute atomic E-state index is 0.000844. The van der Waals surface area contributed by atoms with Crippen molar-refractivity contribution in [3.63, 3.8) is 0 Å². The van der Waals surface area contributed by atoms with E-state index in [1.165, 1.54) is 11.1 Å². The summed E-state index contributed by atoms with van der Waals surface area (Å²) in [6.07, 6.45) is 2.21. The summed E-state index contributed by atoms with van der Waals surface area (Å²) in [6, 6.07) is 27.8. The van der Waals surface area contributed by atoms with Crippen LogP contribution in [-0.4, -0.2) is 36.3 Å². The van der Waals surface area contributed by atoms with Crippen LogP contribution in [-0.2, 0) is 4.79 Å². The minimum atomic E-state index is -0.0498. The van der Waals surface area contributed by atoms with Gasteiger partial charge >= 0.3 is 0 Å². The molecule has 0 saturated carbocycles. The van der Waals surface area contributed by atoms with Crippen LogP contribution in [0.15, 0.2) is 84.9 Å². The Labute approximate surface area is 200 Å². The molecule has 0 spiro atoms. The molecule has 1 N–H and O–H groups in total. The average Bonchev–Trinajstić information content (AvgIpc) is 2.88. The Balaban J connectivity index is 1.28. The predicted octanol–water partition coefficient (Wildman–Crippen LogP) is 5.53. The summed E-state index contributed by atoms with van der Waals surface area (Å²) in [4.78, 5) is 27.3. The van der Waals surface area contributed by atoms with Crippen molar-refractivity contribution in [3.05, 3.63) is 107 Å². The predicted molar refractivity (Wildman–Crippen MR) is 132 cm³/mol. The Morgan fingerprint density at radius 2 is 1.39 bits per heavy atom. The second-order valence-corrected chi connectivity index (χ2v) is 8.96. The third-order valence-corrected chi connectivity index (χ3v) is 6.63. The maximum absolute atomic E-state index is 12.8. The molecule has 1 fully saturated rings. The number of carbonyl (C=O) groups is 2. The zero-order valence-corrected chi connectivity index (χ0v) is 19.4. The number of piperidine rings is 1. The van der Waals surface area contributed by atoms with Crippen molar-refractivity contribution in [2.45, 2.75) is 25.2 Å². The van der Waals surface area contributed by atoms with Gasteiger partial charge in [-0.15, -0.1) is 0 Å². The summed E-state index contributed by atoms with van der Waals surface area (Å²) < 4.78 is 0. The van der Waals surface area contributed by atoms with Crippen LogP contribution in [0.4, 0.5) is 0 Å². The van der Waals surface area contributed by atoms with Gasteiger partial charge in [0.25, 0.3) is 5.91 Å². The molecule has 2 amide bonds. The maximum Gasteiger partial charge on any atom is 0.253 e. The van der Waals surface area contributed by atoms with E-state index in [-0.39, 0.29) is 23.7 Å². The number of benzene rings is 3. The quantitative estimate of drug-likeness (QED) is 0.504. The lowest BCUT2D eigenvalue weighted by Gasteiger charge is -2.31. The molecule has 4 nitrogen and oxygen atoms in total. The van der Waals surface area contributed by atoms with Gasteiger partial charge in [0.15, 0.2) is 0 Å². The largest absolute Gasteiger partial charge is 0.356 e. The van der Waals surface area contributed by atoms with E-state index in [1.54, 1.807) is 24.3 Å². The van der Waals surface area contributed by atoms with Crippen molar-refractivity contribution >= 4 is 23.4 Å². The van der Waals surface area contributed by atoms with Crippen molar-refractivity contribution < 1.29 is 9.59 Å². The molecule has 1 heterocycles. The van der Waals surface area contributed by atoms with E-state index in [4.69, 9.17) is 11.6 Å². The van der Waals surface area contributed by atoms with Gasteiger partial charge in [0.1, 0.15) is 0 Å². The molecule has 0 aliphatic carbocycles. The van der Waals surface area contributed by atoms with E-state index >= 15 is 0 Å². The van der Waals surface area contributed by atoms with Gasteiger partial charge in [0.05, 0.1) is 0 Å². The molecule has 33 heavy (non-hydrogen) atoms. The topological polar surface area (TPSA) is 49.4 Å². The Kier molecular flexibility index (Phi) is 7.79. The maximum atomic E-state index is 12.8. The number of nitrogens with zero attached hydrogens (tertiary/aromatic N) is 1. The molecule has 0 bridgehead atoms. The highest BCUT2D eigenvalue weighted by Crippen LogP contribution is 2.27. The van der Waals surface area contributed by atoms with Crippen LogP contribution >= 0.6 is 11.6 Å². The van der Waals surface area contributed by atoms with Gasteiger partial charge < -0.3 is 10.2 Å². The van der Waals surface area contributed by atoms with Crippen LogP contribution in [0.2, 0.25) is 5.02 Å². The van der Waals surface area contributed by atoms with Crippen LogP contribution in [0.1, 0.15) is 46.7 Å². The van der Waals surface area contributed by atoms with E-state index in [0.29, 0.717) is 43.1 Å². The molecule has 0 unspecified atom stereocenters. The fourth-order valence-corrected chi connectivity index (χ4v) is 4.63. The van der Waals surface area contributed by atoms with Crippen LogP contribution in [0.3, 0.4) is 0 Å². The van der Waals surface area contributed by atoms with E-state index in [0.717, 1.165) is 6.42 Å². The highest BCUT2D eigenvalue weighted by Gasteiger charge is 2.28. The van der Waals surface area contributed by atoms with Gasteiger partial charge in [-0.1, -0.05) is 72.3 Å². The number of amides is 2. The Hall–Kier alpha value is -3.11. The Bertz CT molecular complexity index is 1010. The van der Waals surface area contributed by atoms with Crippen LogP contribution < -0.4 is 5.32 Å². The molecule has 170 valence electrons. The fourth-order valence-electron chi connectivity index (χ4n) is 4.50. The first-order valence-corrected chi connectivity index (χ1v) is 11.9. The van der Waals surface area contributed by atoms with Crippen LogP contribution in [0.5, 0.6) is 0 Å². The summed E-state index contributed by atoms with van der Waals surface area (Å²) in [5, 5.41) is 3.76. The normalized spacial score (nSPS) is 14.3. The van der Waals surface area contributed by atoms with Crippen molar-refractivity contribution in [1.29, 1.82) is 0 Å². The number of halogens is 1. The van der Waals surface area contributed by atoms with Crippen molar-refractivity contribution in [2.24, 2.45) is 5.92 Å². The van der Waals surface area contributed by atoms with Gasteiger partial charge in [-0.05, 0) is 54.7 Å². The lowest BCUT2D eigenvalue weighted by atomic mass is 9.88. The van der Waals surface area contributed by atoms with Crippen molar-refractivity contribution in [3.8, 4) is 0 Å². The monoisotopic (exact) mass is 460 g/mol. The third kappa shape index (κ3) is 6.02. The smallest absolute Gasteiger partial charge is 0.253 e. The summed E-state index contributed by atoms with van der Waals surface area (Å²) in [5.41, 5.74) is 3.15. The lowest BCUT2D eigenvalue weighted by molar-refractivity contribution is -0.126. The van der Waals surface area contributed by atoms with Crippen LogP contribution in [0.25, 0.3) is 0 Å². The second-order valence-electron chi connectivity index (χ2n) is 8.53. The van der Waals surface area contributed by atoms with E-state index < -0.39 is 0 Å². The molecule has 0 aromatic heterocycles. The molecular formula is C28H29ClN2O2. The molecule has 1 aliphatic heterocycles. The second kappa shape index (κ2) is 11.2. The minimum Gasteiger partial charge on any atom is -0.356 e. The molecule has 1 aliphatic rings. The molecular weight excluding hydrogens is 432 g/mol. The molecule has 1 saturated heterocycles. The highest BCUT2D eigenvalue weighted by molar-refractivity contribution is 6.30. The van der Waals surface area contributed by atoms with Gasteiger partial charge in [0, 0.05) is 42.1 Å². The first-order chi connectivity index (χ1) is 16.1. The van der Waals surface area contributed by atoms with Gasteiger partial charge in [-0.2, -0.15) is 0 Å². The van der Waals surface area contributed by atoms with E-state index in [9.17, 15) is 9.59 Å². The SMILES string of the molecule is O=C(NCCC(c1ccccc1)c1ccccc1)C1CCN(C(=O)c2ccc(Cl)cc2)CC1. The van der Waals surface area contributed by atoms with Gasteiger partial charge in [-0.3, -0.25) is 9.59 Å². The first-order valence-electron chi connectivity index (χ1n) is 11.5. The fraction of sp³-hybridized carbons (Fsp3) is 0.286.